The van der Waals surface area contributed by atoms with Crippen LogP contribution in [0.4, 0.5) is 10.8 Å². The highest BCUT2D eigenvalue weighted by Gasteiger charge is 2.20. The van der Waals surface area contributed by atoms with Gasteiger partial charge in [-0.05, 0) is 37.3 Å². The van der Waals surface area contributed by atoms with E-state index in [-0.39, 0.29) is 21.5 Å². The monoisotopic (exact) mass is 450 g/mol. The van der Waals surface area contributed by atoms with Gasteiger partial charge in [0.25, 0.3) is 5.91 Å². The Morgan fingerprint density at radius 2 is 1.86 bits per heavy atom. The minimum Gasteiger partial charge on any atom is -0.340 e. The Bertz CT molecular complexity index is 1120. The van der Waals surface area contributed by atoms with Gasteiger partial charge in [0, 0.05) is 12.6 Å². The molecule has 1 aromatic heterocycles. The third-order valence-electron chi connectivity index (χ3n) is 3.88. The number of rotatable bonds is 5. The second-order valence-electron chi connectivity index (χ2n) is 6.17. The molecule has 0 radical (unpaired) electrons. The van der Waals surface area contributed by atoms with Crippen molar-refractivity contribution in [3.05, 3.63) is 52.0 Å². The number of hydrogen-bond donors (Lipinski definition) is 3. The van der Waals surface area contributed by atoms with E-state index in [1.807, 2.05) is 0 Å². The molecule has 1 heterocycles. The number of fused-ring (bicyclic) bond motifs is 1. The highest BCUT2D eigenvalue weighted by atomic mass is 35.5. The highest BCUT2D eigenvalue weighted by Crippen LogP contribution is 2.29. The van der Waals surface area contributed by atoms with E-state index in [2.05, 4.69) is 20.9 Å². The van der Waals surface area contributed by atoms with Gasteiger partial charge in [-0.2, -0.15) is 0 Å². The summed E-state index contributed by atoms with van der Waals surface area (Å²) in [4.78, 5) is 40.3. The number of carbonyl (C=O) groups excluding carboxylic acids is 3. The zero-order valence-electron chi connectivity index (χ0n) is 15.4. The van der Waals surface area contributed by atoms with Gasteiger partial charge >= 0.3 is 0 Å². The van der Waals surface area contributed by atoms with Gasteiger partial charge in [0.1, 0.15) is 6.04 Å². The first-order valence-corrected chi connectivity index (χ1v) is 10.1. The van der Waals surface area contributed by atoms with Crippen molar-refractivity contribution in [1.82, 2.24) is 10.3 Å². The van der Waals surface area contributed by atoms with Crippen LogP contribution >= 0.6 is 34.5 Å². The molecule has 1 atom stereocenters. The molecule has 3 N–H and O–H groups in total. The maximum absolute atomic E-state index is 12.4. The highest BCUT2D eigenvalue weighted by molar-refractivity contribution is 7.22. The minimum absolute atomic E-state index is 0.125. The molecule has 0 bridgehead atoms. The van der Waals surface area contributed by atoms with E-state index in [1.165, 1.54) is 24.3 Å². The zero-order valence-corrected chi connectivity index (χ0v) is 17.7. The van der Waals surface area contributed by atoms with Gasteiger partial charge in [-0.15, -0.1) is 0 Å². The van der Waals surface area contributed by atoms with Crippen LogP contribution in [0.25, 0.3) is 10.2 Å². The second-order valence-corrected chi connectivity index (χ2v) is 7.98. The fourth-order valence-corrected chi connectivity index (χ4v) is 3.79. The molecule has 0 fully saturated rings. The number of hydrogen-bond acceptors (Lipinski definition) is 5. The van der Waals surface area contributed by atoms with Gasteiger partial charge in [0.05, 0.1) is 25.8 Å². The lowest BCUT2D eigenvalue weighted by Gasteiger charge is -2.14. The molecule has 0 spiro atoms. The van der Waals surface area contributed by atoms with E-state index in [4.69, 9.17) is 23.2 Å². The van der Waals surface area contributed by atoms with Crippen LogP contribution in [0.5, 0.6) is 0 Å². The maximum atomic E-state index is 12.4. The summed E-state index contributed by atoms with van der Waals surface area (Å²) in [5.41, 5.74) is 1.51. The fraction of sp³-hybridized carbons (Fsp3) is 0.158. The molecular weight excluding hydrogens is 435 g/mol. The summed E-state index contributed by atoms with van der Waals surface area (Å²) in [7, 11) is 0. The first-order chi connectivity index (χ1) is 13.7. The molecule has 0 saturated heterocycles. The zero-order chi connectivity index (χ0) is 21.1. The van der Waals surface area contributed by atoms with Crippen molar-refractivity contribution < 1.29 is 14.4 Å². The number of halogens is 2. The Kier molecular flexibility index (Phi) is 6.36. The topological polar surface area (TPSA) is 100 Å². The predicted molar refractivity (Wildman–Crippen MR) is 116 cm³/mol. The molecule has 3 aromatic rings. The Morgan fingerprint density at radius 3 is 2.59 bits per heavy atom. The number of aromatic nitrogens is 1. The van der Waals surface area contributed by atoms with Crippen LogP contribution in [0.3, 0.4) is 0 Å². The van der Waals surface area contributed by atoms with Gasteiger partial charge in [-0.25, -0.2) is 4.98 Å². The average Bonchev–Trinajstić information content (AvgIpc) is 3.04. The van der Waals surface area contributed by atoms with Crippen molar-refractivity contribution in [2.75, 3.05) is 10.6 Å². The van der Waals surface area contributed by atoms with E-state index in [9.17, 15) is 14.4 Å². The van der Waals surface area contributed by atoms with Gasteiger partial charge < -0.3 is 16.0 Å². The standard InChI is InChI=1S/C19H16Cl2N4O3S/c1-9(22-18(28)12-4-3-5-13(20)16(12)21)17(27)25-19-24-14-7-6-11(23-10(2)26)8-15(14)29-19/h3-9H,1-2H3,(H,22,28)(H,23,26)(H,24,25,27). The third-order valence-corrected chi connectivity index (χ3v) is 5.63. The predicted octanol–water partition coefficient (Wildman–Crippen LogP) is 4.32. The molecule has 150 valence electrons. The van der Waals surface area contributed by atoms with Crippen molar-refractivity contribution in [2.24, 2.45) is 0 Å². The normalized spacial score (nSPS) is 11.7. The molecule has 0 aliphatic rings. The average molecular weight is 451 g/mol. The summed E-state index contributed by atoms with van der Waals surface area (Å²) in [6.07, 6.45) is 0. The molecule has 10 heteroatoms. The van der Waals surface area contributed by atoms with Gasteiger partial charge in [0.2, 0.25) is 11.8 Å². The largest absolute Gasteiger partial charge is 0.340 e. The number of carbonyl (C=O) groups is 3. The number of nitrogens with zero attached hydrogens (tertiary/aromatic N) is 1. The van der Waals surface area contributed by atoms with E-state index < -0.39 is 17.9 Å². The summed E-state index contributed by atoms with van der Waals surface area (Å²) in [6.45, 7) is 2.97. The lowest BCUT2D eigenvalue weighted by Crippen LogP contribution is -2.41. The molecule has 7 nitrogen and oxygen atoms in total. The Morgan fingerprint density at radius 1 is 1.10 bits per heavy atom. The van der Waals surface area contributed by atoms with Crippen LogP contribution in [0, 0.1) is 0 Å². The lowest BCUT2D eigenvalue weighted by atomic mass is 10.2. The summed E-state index contributed by atoms with van der Waals surface area (Å²) >= 11 is 13.2. The molecule has 0 aliphatic heterocycles. The molecular formula is C19H16Cl2N4O3S. The van der Waals surface area contributed by atoms with Gasteiger partial charge in [-0.1, -0.05) is 40.6 Å². The Labute approximate surface area is 180 Å². The van der Waals surface area contributed by atoms with Crippen LogP contribution in [0.2, 0.25) is 10.0 Å². The quantitative estimate of drug-likeness (QED) is 0.538. The van der Waals surface area contributed by atoms with Crippen molar-refractivity contribution >= 4 is 73.3 Å². The van der Waals surface area contributed by atoms with Crippen LogP contribution in [-0.4, -0.2) is 28.7 Å². The SMILES string of the molecule is CC(=O)Nc1ccc2nc(NC(=O)C(C)NC(=O)c3cccc(Cl)c3Cl)sc2c1. The van der Waals surface area contributed by atoms with Crippen LogP contribution in [0.15, 0.2) is 36.4 Å². The Hall–Kier alpha value is -2.68. The summed E-state index contributed by atoms with van der Waals surface area (Å²) < 4.78 is 0.800. The van der Waals surface area contributed by atoms with Crippen molar-refractivity contribution in [2.45, 2.75) is 19.9 Å². The van der Waals surface area contributed by atoms with Crippen LogP contribution < -0.4 is 16.0 Å². The fourth-order valence-electron chi connectivity index (χ4n) is 2.49. The van der Waals surface area contributed by atoms with Crippen LogP contribution in [-0.2, 0) is 9.59 Å². The lowest BCUT2D eigenvalue weighted by molar-refractivity contribution is -0.117. The van der Waals surface area contributed by atoms with Gasteiger partial charge in [-0.3, -0.25) is 14.4 Å². The number of nitrogens with one attached hydrogen (secondary N) is 3. The summed E-state index contributed by atoms with van der Waals surface area (Å²) in [5.74, 6) is -1.12. The molecule has 3 rings (SSSR count). The van der Waals surface area contributed by atoms with Crippen molar-refractivity contribution in [3.63, 3.8) is 0 Å². The molecule has 2 aromatic carbocycles. The van der Waals surface area contributed by atoms with E-state index in [0.717, 1.165) is 4.70 Å². The van der Waals surface area contributed by atoms with Crippen LogP contribution in [0.1, 0.15) is 24.2 Å². The molecule has 3 amide bonds. The number of anilines is 2. The molecule has 29 heavy (non-hydrogen) atoms. The van der Waals surface area contributed by atoms with Gasteiger partial charge in [0.15, 0.2) is 5.13 Å². The third kappa shape index (κ3) is 5.03. The second kappa shape index (κ2) is 8.77. The molecule has 0 saturated carbocycles. The smallest absolute Gasteiger partial charge is 0.253 e. The number of benzene rings is 2. The summed E-state index contributed by atoms with van der Waals surface area (Å²) in [6, 6.07) is 9.11. The number of amides is 3. The summed E-state index contributed by atoms with van der Waals surface area (Å²) in [5, 5.41) is 8.72. The van der Waals surface area contributed by atoms with Crippen molar-refractivity contribution in [1.29, 1.82) is 0 Å². The molecule has 1 unspecified atom stereocenters. The maximum Gasteiger partial charge on any atom is 0.253 e. The van der Waals surface area contributed by atoms with E-state index in [1.54, 1.807) is 37.3 Å². The first kappa shape index (κ1) is 21.0. The van der Waals surface area contributed by atoms with E-state index in [0.29, 0.717) is 16.3 Å². The Balaban J connectivity index is 1.68. The number of thiazole rings is 1. The van der Waals surface area contributed by atoms with E-state index >= 15 is 0 Å². The molecule has 0 aliphatic carbocycles. The first-order valence-electron chi connectivity index (χ1n) is 8.48. The van der Waals surface area contributed by atoms with Crippen molar-refractivity contribution in [3.8, 4) is 0 Å². The minimum atomic E-state index is -0.834.